The molecule has 0 bridgehead atoms. The second-order valence-corrected chi connectivity index (χ2v) is 4.58. The van der Waals surface area contributed by atoms with Crippen molar-refractivity contribution in [2.45, 2.75) is 27.3 Å². The lowest BCUT2D eigenvalue weighted by Gasteiger charge is -2.13. The van der Waals surface area contributed by atoms with Gasteiger partial charge in [-0.1, -0.05) is 12.1 Å². The molecular weight excluding hydrogens is 266 g/mol. The number of aliphatic imine (C=N–C) groups is 1. The number of hydrogen-bond acceptors (Lipinski definition) is 3. The molecule has 0 unspecified atom stereocenters. The summed E-state index contributed by atoms with van der Waals surface area (Å²) in [7, 11) is 1.76. The summed E-state index contributed by atoms with van der Waals surface area (Å²) < 4.78 is 10.8. The highest BCUT2D eigenvalue weighted by Crippen LogP contribution is 2.18. The lowest BCUT2D eigenvalue weighted by molar-refractivity contribution is 0.152. The van der Waals surface area contributed by atoms with Crippen molar-refractivity contribution < 1.29 is 9.47 Å². The zero-order valence-corrected chi connectivity index (χ0v) is 13.5. The summed E-state index contributed by atoms with van der Waals surface area (Å²) in [5.74, 6) is 1.72. The van der Waals surface area contributed by atoms with Gasteiger partial charge in [0, 0.05) is 26.7 Å². The first-order valence-electron chi connectivity index (χ1n) is 7.45. The quantitative estimate of drug-likeness (QED) is 0.438. The third-order valence-corrected chi connectivity index (χ3v) is 2.97. The number of benzene rings is 1. The summed E-state index contributed by atoms with van der Waals surface area (Å²) in [6, 6.07) is 6.21. The lowest BCUT2D eigenvalue weighted by atomic mass is 10.1. The summed E-state index contributed by atoms with van der Waals surface area (Å²) in [6.45, 7) is 9.61. The normalized spacial score (nSPS) is 11.3. The molecule has 0 saturated carbocycles. The Morgan fingerprint density at radius 1 is 1.19 bits per heavy atom. The van der Waals surface area contributed by atoms with Gasteiger partial charge in [0.15, 0.2) is 5.96 Å². The Balaban J connectivity index is 2.44. The molecule has 0 aliphatic carbocycles. The molecule has 0 aliphatic heterocycles. The SMILES string of the molecule is CCOCCNC(=NC)NCc1ccc(OCC)c(C)c1. The van der Waals surface area contributed by atoms with E-state index in [-0.39, 0.29) is 0 Å². The first-order chi connectivity index (χ1) is 10.2. The molecule has 0 radical (unpaired) electrons. The van der Waals surface area contributed by atoms with E-state index >= 15 is 0 Å². The van der Waals surface area contributed by atoms with Gasteiger partial charge < -0.3 is 20.1 Å². The highest BCUT2D eigenvalue weighted by molar-refractivity contribution is 5.79. The van der Waals surface area contributed by atoms with E-state index < -0.39 is 0 Å². The topological polar surface area (TPSA) is 54.9 Å². The molecule has 21 heavy (non-hydrogen) atoms. The van der Waals surface area contributed by atoms with Gasteiger partial charge in [0.2, 0.25) is 0 Å². The Bertz CT molecular complexity index is 447. The van der Waals surface area contributed by atoms with Crippen LogP contribution in [0.4, 0.5) is 0 Å². The Labute approximate surface area is 127 Å². The Kier molecular flexibility index (Phi) is 8.28. The first kappa shape index (κ1) is 17.3. The van der Waals surface area contributed by atoms with Crippen LogP contribution in [0.25, 0.3) is 0 Å². The van der Waals surface area contributed by atoms with Crippen molar-refractivity contribution in [3.8, 4) is 5.75 Å². The van der Waals surface area contributed by atoms with Crippen molar-refractivity contribution in [3.63, 3.8) is 0 Å². The summed E-state index contributed by atoms with van der Waals surface area (Å²) in [4.78, 5) is 4.18. The molecule has 2 N–H and O–H groups in total. The number of nitrogens with zero attached hydrogens (tertiary/aromatic N) is 1. The molecule has 0 aromatic heterocycles. The van der Waals surface area contributed by atoms with Crippen LogP contribution in [0.5, 0.6) is 5.75 Å². The van der Waals surface area contributed by atoms with Crippen molar-refractivity contribution in [1.82, 2.24) is 10.6 Å². The number of guanidine groups is 1. The monoisotopic (exact) mass is 293 g/mol. The van der Waals surface area contributed by atoms with Crippen LogP contribution in [0.15, 0.2) is 23.2 Å². The number of rotatable bonds is 8. The molecule has 0 amide bonds. The van der Waals surface area contributed by atoms with Crippen molar-refractivity contribution in [2.24, 2.45) is 4.99 Å². The second kappa shape index (κ2) is 10.0. The summed E-state index contributed by atoms with van der Waals surface area (Å²) >= 11 is 0. The van der Waals surface area contributed by atoms with E-state index in [0.29, 0.717) is 13.2 Å². The number of aryl methyl sites for hydroxylation is 1. The summed E-state index contributed by atoms with van der Waals surface area (Å²) in [5.41, 5.74) is 2.35. The average molecular weight is 293 g/mol. The standard InChI is InChI=1S/C16H27N3O2/c1-5-20-10-9-18-16(17-4)19-12-14-7-8-15(21-6-2)13(3)11-14/h7-8,11H,5-6,9-10,12H2,1-4H3,(H2,17,18,19). The van der Waals surface area contributed by atoms with Crippen molar-refractivity contribution in [1.29, 1.82) is 0 Å². The maximum absolute atomic E-state index is 5.54. The van der Waals surface area contributed by atoms with E-state index in [2.05, 4.69) is 34.7 Å². The van der Waals surface area contributed by atoms with Crippen LogP contribution in [0.2, 0.25) is 0 Å². The van der Waals surface area contributed by atoms with Gasteiger partial charge in [0.25, 0.3) is 0 Å². The molecule has 1 rings (SSSR count). The first-order valence-corrected chi connectivity index (χ1v) is 7.45. The van der Waals surface area contributed by atoms with Crippen LogP contribution >= 0.6 is 0 Å². The molecule has 1 aromatic carbocycles. The second-order valence-electron chi connectivity index (χ2n) is 4.58. The Hall–Kier alpha value is -1.75. The average Bonchev–Trinajstić information content (AvgIpc) is 2.49. The minimum atomic E-state index is 0.680. The summed E-state index contributed by atoms with van der Waals surface area (Å²) in [6.07, 6.45) is 0. The van der Waals surface area contributed by atoms with Gasteiger partial charge in [-0.15, -0.1) is 0 Å². The summed E-state index contributed by atoms with van der Waals surface area (Å²) in [5, 5.41) is 6.49. The van der Waals surface area contributed by atoms with Gasteiger partial charge >= 0.3 is 0 Å². The minimum absolute atomic E-state index is 0.680. The van der Waals surface area contributed by atoms with Crippen LogP contribution in [0.3, 0.4) is 0 Å². The van der Waals surface area contributed by atoms with E-state index in [9.17, 15) is 0 Å². The van der Waals surface area contributed by atoms with Gasteiger partial charge in [-0.2, -0.15) is 0 Å². The fourth-order valence-electron chi connectivity index (χ4n) is 1.93. The van der Waals surface area contributed by atoms with E-state index in [4.69, 9.17) is 9.47 Å². The zero-order chi connectivity index (χ0) is 15.5. The lowest BCUT2D eigenvalue weighted by Crippen LogP contribution is -2.38. The van der Waals surface area contributed by atoms with Crippen LogP contribution in [-0.2, 0) is 11.3 Å². The largest absolute Gasteiger partial charge is 0.494 e. The van der Waals surface area contributed by atoms with Crippen LogP contribution in [-0.4, -0.2) is 39.4 Å². The molecule has 5 nitrogen and oxygen atoms in total. The van der Waals surface area contributed by atoms with Gasteiger partial charge in [-0.05, 0) is 38.0 Å². The molecule has 0 spiro atoms. The highest BCUT2D eigenvalue weighted by atomic mass is 16.5. The van der Waals surface area contributed by atoms with Gasteiger partial charge in [-0.3, -0.25) is 4.99 Å². The van der Waals surface area contributed by atoms with Crippen LogP contribution < -0.4 is 15.4 Å². The van der Waals surface area contributed by atoms with E-state index in [1.807, 2.05) is 19.9 Å². The Morgan fingerprint density at radius 3 is 2.62 bits per heavy atom. The van der Waals surface area contributed by atoms with E-state index in [0.717, 1.165) is 37.0 Å². The predicted octanol–water partition coefficient (Wildman–Crippen LogP) is 2.10. The van der Waals surface area contributed by atoms with Gasteiger partial charge in [-0.25, -0.2) is 0 Å². The molecule has 0 atom stereocenters. The zero-order valence-electron chi connectivity index (χ0n) is 13.5. The molecule has 118 valence electrons. The third-order valence-electron chi connectivity index (χ3n) is 2.97. The maximum Gasteiger partial charge on any atom is 0.191 e. The smallest absolute Gasteiger partial charge is 0.191 e. The van der Waals surface area contributed by atoms with Gasteiger partial charge in [0.05, 0.1) is 13.2 Å². The molecule has 0 aliphatic rings. The molecule has 1 aromatic rings. The third kappa shape index (κ3) is 6.49. The molecular formula is C16H27N3O2. The molecule has 0 fully saturated rings. The van der Waals surface area contributed by atoms with Crippen LogP contribution in [0, 0.1) is 6.92 Å². The number of ether oxygens (including phenoxy) is 2. The van der Waals surface area contributed by atoms with Crippen LogP contribution in [0.1, 0.15) is 25.0 Å². The van der Waals surface area contributed by atoms with Crippen molar-refractivity contribution >= 4 is 5.96 Å². The van der Waals surface area contributed by atoms with Crippen molar-refractivity contribution in [3.05, 3.63) is 29.3 Å². The highest BCUT2D eigenvalue weighted by Gasteiger charge is 2.02. The van der Waals surface area contributed by atoms with E-state index in [1.54, 1.807) is 7.05 Å². The fraction of sp³-hybridized carbons (Fsp3) is 0.562. The number of nitrogens with one attached hydrogen (secondary N) is 2. The fourth-order valence-corrected chi connectivity index (χ4v) is 1.93. The van der Waals surface area contributed by atoms with Gasteiger partial charge in [0.1, 0.15) is 5.75 Å². The Morgan fingerprint density at radius 2 is 2.00 bits per heavy atom. The van der Waals surface area contributed by atoms with E-state index in [1.165, 1.54) is 5.56 Å². The molecule has 5 heteroatoms. The molecule has 0 heterocycles. The molecule has 0 saturated heterocycles. The maximum atomic E-state index is 5.54. The predicted molar refractivity (Wildman–Crippen MR) is 87.0 cm³/mol. The minimum Gasteiger partial charge on any atom is -0.494 e. The number of hydrogen-bond donors (Lipinski definition) is 2. The van der Waals surface area contributed by atoms with Crippen molar-refractivity contribution in [2.75, 3.05) is 33.4 Å².